The second-order valence-corrected chi connectivity index (χ2v) is 2.66. The molecule has 0 aliphatic carbocycles. The number of rotatable bonds is 3. The minimum atomic E-state index is -1.38. The molecule has 0 radical (unpaired) electrons. The van der Waals surface area contributed by atoms with Crippen molar-refractivity contribution < 1.29 is 14.8 Å². The van der Waals surface area contributed by atoms with Gasteiger partial charge in [0.1, 0.15) is 5.69 Å². The van der Waals surface area contributed by atoms with Gasteiger partial charge in [0.15, 0.2) is 0 Å². The van der Waals surface area contributed by atoms with E-state index in [1.54, 1.807) is 6.92 Å². The second-order valence-electron chi connectivity index (χ2n) is 2.66. The molecule has 0 spiro atoms. The Hall–Kier alpha value is -1.92. The van der Waals surface area contributed by atoms with Gasteiger partial charge in [0.25, 0.3) is 0 Å². The van der Waals surface area contributed by atoms with Crippen LogP contribution in [-0.2, 0) is 6.54 Å². The number of aromatic carboxylic acids is 1. The SMILES string of the molecule is CCn1nc(C(=O)O)c([N+](=O)[O-])c1C. The number of nitrogens with zero attached hydrogens (tertiary/aromatic N) is 3. The molecule has 0 aliphatic heterocycles. The summed E-state index contributed by atoms with van der Waals surface area (Å²) in [5.41, 5.74) is -0.677. The van der Waals surface area contributed by atoms with E-state index in [1.807, 2.05) is 0 Å². The first-order valence-corrected chi connectivity index (χ1v) is 3.94. The molecule has 0 unspecified atom stereocenters. The van der Waals surface area contributed by atoms with E-state index in [-0.39, 0.29) is 5.69 Å². The normalized spacial score (nSPS) is 10.1. The van der Waals surface area contributed by atoms with Crippen molar-refractivity contribution in [2.75, 3.05) is 0 Å². The Morgan fingerprint density at radius 2 is 2.29 bits per heavy atom. The average molecular weight is 199 g/mol. The molecule has 7 heteroatoms. The molecule has 0 atom stereocenters. The van der Waals surface area contributed by atoms with Gasteiger partial charge in [0.2, 0.25) is 5.69 Å². The van der Waals surface area contributed by atoms with Crippen LogP contribution < -0.4 is 0 Å². The Morgan fingerprint density at radius 1 is 1.71 bits per heavy atom. The van der Waals surface area contributed by atoms with Gasteiger partial charge >= 0.3 is 11.7 Å². The van der Waals surface area contributed by atoms with Crippen molar-refractivity contribution in [1.82, 2.24) is 9.78 Å². The van der Waals surface area contributed by atoms with Crippen LogP contribution in [0.2, 0.25) is 0 Å². The summed E-state index contributed by atoms with van der Waals surface area (Å²) in [6, 6.07) is 0. The van der Waals surface area contributed by atoms with E-state index < -0.39 is 22.3 Å². The van der Waals surface area contributed by atoms with E-state index in [9.17, 15) is 14.9 Å². The van der Waals surface area contributed by atoms with E-state index in [2.05, 4.69) is 5.10 Å². The van der Waals surface area contributed by atoms with Crippen LogP contribution in [0.4, 0.5) is 5.69 Å². The fourth-order valence-corrected chi connectivity index (χ4v) is 1.21. The molecular weight excluding hydrogens is 190 g/mol. The lowest BCUT2D eigenvalue weighted by Crippen LogP contribution is -2.02. The molecule has 1 N–H and O–H groups in total. The largest absolute Gasteiger partial charge is 0.476 e. The Bertz CT molecular complexity index is 396. The molecule has 0 saturated heterocycles. The van der Waals surface area contributed by atoms with Crippen LogP contribution in [0.5, 0.6) is 0 Å². The standard InChI is InChI=1S/C7H9N3O4/c1-3-9-4(2)6(10(13)14)5(8-9)7(11)12/h3H2,1-2H3,(H,11,12). The predicted octanol–water partition coefficient (Wildman–Crippen LogP) is 0.818. The van der Waals surface area contributed by atoms with Crippen LogP contribution >= 0.6 is 0 Å². The monoisotopic (exact) mass is 199 g/mol. The molecule has 0 amide bonds. The number of nitro groups is 1. The van der Waals surface area contributed by atoms with Gasteiger partial charge in [-0.25, -0.2) is 4.79 Å². The van der Waals surface area contributed by atoms with Crippen molar-refractivity contribution in [3.8, 4) is 0 Å². The first-order valence-electron chi connectivity index (χ1n) is 3.94. The maximum absolute atomic E-state index is 10.6. The molecule has 0 aromatic carbocycles. The Balaban J connectivity index is 3.42. The molecule has 14 heavy (non-hydrogen) atoms. The number of aryl methyl sites for hydroxylation is 1. The van der Waals surface area contributed by atoms with Crippen LogP contribution in [0.15, 0.2) is 0 Å². The van der Waals surface area contributed by atoms with Gasteiger partial charge in [-0.1, -0.05) is 0 Å². The summed E-state index contributed by atoms with van der Waals surface area (Å²) in [7, 11) is 0. The number of hydrogen-bond donors (Lipinski definition) is 1. The van der Waals surface area contributed by atoms with Gasteiger partial charge in [-0.2, -0.15) is 5.10 Å². The highest BCUT2D eigenvalue weighted by Gasteiger charge is 2.28. The first kappa shape index (κ1) is 10.2. The Morgan fingerprint density at radius 3 is 2.57 bits per heavy atom. The van der Waals surface area contributed by atoms with Crippen LogP contribution in [0.25, 0.3) is 0 Å². The maximum atomic E-state index is 10.6. The summed E-state index contributed by atoms with van der Waals surface area (Å²) < 4.78 is 1.29. The first-order chi connectivity index (χ1) is 6.49. The van der Waals surface area contributed by atoms with Gasteiger partial charge in [-0.3, -0.25) is 14.8 Å². The van der Waals surface area contributed by atoms with Crippen LogP contribution in [-0.4, -0.2) is 25.8 Å². The van der Waals surface area contributed by atoms with Crippen LogP contribution in [0.3, 0.4) is 0 Å². The molecular formula is C7H9N3O4. The third-order valence-corrected chi connectivity index (χ3v) is 1.86. The lowest BCUT2D eigenvalue weighted by molar-refractivity contribution is -0.385. The van der Waals surface area contributed by atoms with E-state index in [0.29, 0.717) is 6.54 Å². The smallest absolute Gasteiger partial charge is 0.363 e. The van der Waals surface area contributed by atoms with E-state index in [4.69, 9.17) is 5.11 Å². The van der Waals surface area contributed by atoms with Crippen LogP contribution in [0, 0.1) is 17.0 Å². The van der Waals surface area contributed by atoms with Crippen molar-refractivity contribution in [3.05, 3.63) is 21.5 Å². The number of carboxylic acids is 1. The molecule has 0 fully saturated rings. The van der Waals surface area contributed by atoms with Crippen molar-refractivity contribution >= 4 is 11.7 Å². The third kappa shape index (κ3) is 1.43. The minimum absolute atomic E-state index is 0.259. The zero-order valence-electron chi connectivity index (χ0n) is 7.72. The van der Waals surface area contributed by atoms with Gasteiger partial charge in [-0.15, -0.1) is 0 Å². The summed E-state index contributed by atoms with van der Waals surface area (Å²) in [4.78, 5) is 20.5. The third-order valence-electron chi connectivity index (χ3n) is 1.86. The van der Waals surface area contributed by atoms with E-state index in [1.165, 1.54) is 11.6 Å². The van der Waals surface area contributed by atoms with E-state index >= 15 is 0 Å². The molecule has 7 nitrogen and oxygen atoms in total. The zero-order chi connectivity index (χ0) is 10.9. The highest BCUT2D eigenvalue weighted by molar-refractivity contribution is 5.90. The molecule has 1 aromatic heterocycles. The molecule has 0 bridgehead atoms. The number of hydrogen-bond acceptors (Lipinski definition) is 4. The lowest BCUT2D eigenvalue weighted by Gasteiger charge is -1.95. The second kappa shape index (κ2) is 3.44. The van der Waals surface area contributed by atoms with Crippen molar-refractivity contribution in [2.45, 2.75) is 20.4 Å². The Labute approximate surface area is 79.1 Å². The minimum Gasteiger partial charge on any atom is -0.476 e. The van der Waals surface area contributed by atoms with Crippen molar-refractivity contribution in [2.24, 2.45) is 0 Å². The fraction of sp³-hybridized carbons (Fsp3) is 0.429. The predicted molar refractivity (Wildman–Crippen MR) is 46.3 cm³/mol. The van der Waals surface area contributed by atoms with Crippen molar-refractivity contribution in [1.29, 1.82) is 0 Å². The molecule has 1 aromatic rings. The molecule has 1 rings (SSSR count). The van der Waals surface area contributed by atoms with E-state index in [0.717, 1.165) is 0 Å². The van der Waals surface area contributed by atoms with Gasteiger partial charge in [0.05, 0.1) is 4.92 Å². The molecule has 1 heterocycles. The van der Waals surface area contributed by atoms with Gasteiger partial charge in [-0.05, 0) is 13.8 Å². The van der Waals surface area contributed by atoms with Gasteiger partial charge in [0, 0.05) is 6.54 Å². The highest BCUT2D eigenvalue weighted by Crippen LogP contribution is 2.22. The number of carbonyl (C=O) groups is 1. The summed E-state index contributed by atoms with van der Waals surface area (Å²) in [5, 5.41) is 22.9. The Kier molecular flexibility index (Phi) is 2.50. The topological polar surface area (TPSA) is 98.3 Å². The quantitative estimate of drug-likeness (QED) is 0.573. The van der Waals surface area contributed by atoms with Gasteiger partial charge < -0.3 is 5.11 Å². The maximum Gasteiger partial charge on any atom is 0.363 e. The highest BCUT2D eigenvalue weighted by atomic mass is 16.6. The summed E-state index contributed by atoms with van der Waals surface area (Å²) in [5.74, 6) is -1.38. The molecule has 76 valence electrons. The zero-order valence-corrected chi connectivity index (χ0v) is 7.72. The fourth-order valence-electron chi connectivity index (χ4n) is 1.21. The molecule has 0 saturated carbocycles. The number of aromatic nitrogens is 2. The lowest BCUT2D eigenvalue weighted by atomic mass is 10.3. The molecule has 0 aliphatic rings. The summed E-state index contributed by atoms with van der Waals surface area (Å²) in [6.07, 6.45) is 0. The van der Waals surface area contributed by atoms with Crippen LogP contribution in [0.1, 0.15) is 23.1 Å². The van der Waals surface area contributed by atoms with Crippen molar-refractivity contribution in [3.63, 3.8) is 0 Å². The summed E-state index contributed by atoms with van der Waals surface area (Å²) in [6.45, 7) is 3.61. The average Bonchev–Trinajstić information content (AvgIpc) is 2.42. The number of carboxylic acid groups (broad SMARTS) is 1. The summed E-state index contributed by atoms with van der Waals surface area (Å²) >= 11 is 0.